The number of hydrogen-bond acceptors (Lipinski definition) is 6. The number of carbonyl (C=O) groups is 1. The van der Waals surface area contributed by atoms with Crippen molar-refractivity contribution in [2.75, 3.05) is 36.0 Å². The summed E-state index contributed by atoms with van der Waals surface area (Å²) < 4.78 is 6.63. The third kappa shape index (κ3) is 3.30. The van der Waals surface area contributed by atoms with Gasteiger partial charge in [-0.05, 0) is 51.5 Å². The third-order valence-electron chi connectivity index (χ3n) is 7.61. The zero-order valence-electron chi connectivity index (χ0n) is 21.5. The van der Waals surface area contributed by atoms with Crippen LogP contribution in [0.3, 0.4) is 0 Å². The summed E-state index contributed by atoms with van der Waals surface area (Å²) >= 11 is 0. The highest BCUT2D eigenvalue weighted by Gasteiger charge is 2.57. The number of rotatable bonds is 7. The number of fused-ring (bicyclic) bond motifs is 6. The van der Waals surface area contributed by atoms with Crippen molar-refractivity contribution in [3.8, 4) is 11.5 Å². The topological polar surface area (TPSA) is 88.1 Å². The van der Waals surface area contributed by atoms with E-state index < -0.39 is 11.8 Å². The molecule has 0 aliphatic carbocycles. The fourth-order valence-corrected chi connectivity index (χ4v) is 5.93. The molecule has 2 aliphatic rings. The molecule has 1 spiro atoms. The second-order valence-corrected chi connectivity index (χ2v) is 9.23. The summed E-state index contributed by atoms with van der Waals surface area (Å²) in [5, 5.41) is 0. The van der Waals surface area contributed by atoms with Crippen LogP contribution in [-0.4, -0.2) is 43.3 Å². The van der Waals surface area contributed by atoms with E-state index in [4.69, 9.17) is 16.2 Å². The molecule has 7 nitrogen and oxygen atoms in total. The Kier molecular flexibility index (Phi) is 6.14. The quantitative estimate of drug-likeness (QED) is 0.481. The standard InChI is InChI=1S/C29H35N5O2/c1-5-32(6-2)19-13-15-23-25(17-19)36-26-18-20(33(7-3)8-4)14-16-24(26)29(23)22-12-10-9-11-21(22)27(35)34(29)28(30)31/h9-18,28H,5-8,30-31H2,1-4H3. The number of anilines is 2. The van der Waals surface area contributed by atoms with Crippen LogP contribution in [0.5, 0.6) is 11.5 Å². The van der Waals surface area contributed by atoms with Crippen LogP contribution in [-0.2, 0) is 5.54 Å². The average molecular weight is 486 g/mol. The van der Waals surface area contributed by atoms with Crippen molar-refractivity contribution < 1.29 is 9.53 Å². The van der Waals surface area contributed by atoms with Crippen LogP contribution in [0.2, 0.25) is 0 Å². The molecule has 0 atom stereocenters. The summed E-state index contributed by atoms with van der Waals surface area (Å²) in [6, 6.07) is 20.2. The van der Waals surface area contributed by atoms with Gasteiger partial charge >= 0.3 is 0 Å². The van der Waals surface area contributed by atoms with Crippen molar-refractivity contribution >= 4 is 17.3 Å². The number of amides is 1. The van der Waals surface area contributed by atoms with Crippen molar-refractivity contribution in [3.05, 3.63) is 82.9 Å². The maximum atomic E-state index is 13.8. The van der Waals surface area contributed by atoms with E-state index in [1.165, 1.54) is 0 Å². The minimum absolute atomic E-state index is 0.181. The number of ether oxygens (including phenoxy) is 1. The summed E-state index contributed by atoms with van der Waals surface area (Å²) in [7, 11) is 0. The fraction of sp³-hybridized carbons (Fsp3) is 0.345. The predicted octanol–water partition coefficient (Wildman–Crippen LogP) is 4.43. The molecule has 36 heavy (non-hydrogen) atoms. The van der Waals surface area contributed by atoms with Gasteiger partial charge in [-0.15, -0.1) is 0 Å². The van der Waals surface area contributed by atoms with Crippen molar-refractivity contribution in [2.45, 2.75) is 39.5 Å². The number of nitrogens with two attached hydrogens (primary N) is 2. The number of nitrogens with zero attached hydrogens (tertiary/aromatic N) is 3. The maximum Gasteiger partial charge on any atom is 0.257 e. The summed E-state index contributed by atoms with van der Waals surface area (Å²) in [5.74, 6) is 1.23. The molecule has 0 saturated carbocycles. The van der Waals surface area contributed by atoms with Crippen LogP contribution in [0.4, 0.5) is 11.4 Å². The fourth-order valence-electron chi connectivity index (χ4n) is 5.93. The van der Waals surface area contributed by atoms with Crippen molar-refractivity contribution in [2.24, 2.45) is 11.5 Å². The van der Waals surface area contributed by atoms with Crippen molar-refractivity contribution in [1.82, 2.24) is 4.90 Å². The van der Waals surface area contributed by atoms with Crippen molar-refractivity contribution in [1.29, 1.82) is 0 Å². The van der Waals surface area contributed by atoms with Crippen LogP contribution in [0.15, 0.2) is 60.7 Å². The largest absolute Gasteiger partial charge is 0.456 e. The summed E-state index contributed by atoms with van der Waals surface area (Å²) in [4.78, 5) is 19.9. The highest BCUT2D eigenvalue weighted by atomic mass is 16.5. The molecule has 0 aromatic heterocycles. The van der Waals surface area contributed by atoms with E-state index in [0.717, 1.165) is 54.2 Å². The molecule has 0 fully saturated rings. The van der Waals surface area contributed by atoms with Gasteiger partial charge in [0.2, 0.25) is 0 Å². The van der Waals surface area contributed by atoms with E-state index in [0.29, 0.717) is 17.1 Å². The van der Waals surface area contributed by atoms with Gasteiger partial charge in [0.15, 0.2) is 0 Å². The summed E-state index contributed by atoms with van der Waals surface area (Å²) in [5.41, 5.74) is 17.1. The predicted molar refractivity (Wildman–Crippen MR) is 145 cm³/mol. The second-order valence-electron chi connectivity index (χ2n) is 9.23. The molecule has 0 radical (unpaired) electrons. The van der Waals surface area contributed by atoms with Crippen molar-refractivity contribution in [3.63, 3.8) is 0 Å². The van der Waals surface area contributed by atoms with Gasteiger partial charge in [-0.3, -0.25) is 21.2 Å². The Hall–Kier alpha value is -3.55. The molecule has 0 unspecified atom stereocenters. The maximum absolute atomic E-state index is 13.8. The zero-order chi connectivity index (χ0) is 25.6. The monoisotopic (exact) mass is 485 g/mol. The van der Waals surface area contributed by atoms with Gasteiger partial charge in [0, 0.05) is 66.4 Å². The van der Waals surface area contributed by atoms with Crippen LogP contribution < -0.4 is 26.0 Å². The normalized spacial score (nSPS) is 15.0. The first-order valence-corrected chi connectivity index (χ1v) is 12.8. The third-order valence-corrected chi connectivity index (χ3v) is 7.61. The van der Waals surface area contributed by atoms with Gasteiger partial charge in [-0.2, -0.15) is 0 Å². The zero-order valence-corrected chi connectivity index (χ0v) is 21.5. The van der Waals surface area contributed by atoms with E-state index in [1.54, 1.807) is 4.90 Å². The van der Waals surface area contributed by atoms with Gasteiger partial charge in [0.25, 0.3) is 5.91 Å². The lowest BCUT2D eigenvalue weighted by Gasteiger charge is -2.46. The Morgan fingerprint density at radius 1 is 0.778 bits per heavy atom. The van der Waals surface area contributed by atoms with Crippen LogP contribution >= 0.6 is 0 Å². The molecule has 0 bridgehead atoms. The molecule has 2 heterocycles. The van der Waals surface area contributed by atoms with Gasteiger partial charge < -0.3 is 14.5 Å². The molecule has 3 aromatic rings. The van der Waals surface area contributed by atoms with Gasteiger partial charge in [-0.25, -0.2) is 0 Å². The minimum Gasteiger partial charge on any atom is -0.456 e. The minimum atomic E-state index is -1.01. The summed E-state index contributed by atoms with van der Waals surface area (Å²) in [6.07, 6.45) is -1.01. The highest BCUT2D eigenvalue weighted by Crippen LogP contribution is 2.58. The van der Waals surface area contributed by atoms with E-state index in [1.807, 2.05) is 24.3 Å². The van der Waals surface area contributed by atoms with E-state index in [2.05, 4.69) is 73.9 Å². The van der Waals surface area contributed by atoms with Crippen LogP contribution in [0.1, 0.15) is 54.7 Å². The lowest BCUT2D eigenvalue weighted by atomic mass is 9.74. The molecule has 7 heteroatoms. The Balaban J connectivity index is 1.84. The van der Waals surface area contributed by atoms with Crippen LogP contribution in [0, 0.1) is 0 Å². The Morgan fingerprint density at radius 3 is 1.75 bits per heavy atom. The second kappa shape index (κ2) is 9.15. The molecule has 0 saturated heterocycles. The molecule has 1 amide bonds. The Labute approximate surface area is 213 Å². The lowest BCUT2D eigenvalue weighted by Crippen LogP contribution is -2.59. The first kappa shape index (κ1) is 24.2. The first-order valence-electron chi connectivity index (χ1n) is 12.8. The van der Waals surface area contributed by atoms with E-state index in [9.17, 15) is 4.79 Å². The Bertz CT molecular complexity index is 1240. The molecule has 4 N–H and O–H groups in total. The van der Waals surface area contributed by atoms with E-state index in [-0.39, 0.29) is 5.91 Å². The molecule has 3 aromatic carbocycles. The number of benzene rings is 3. The number of carbonyl (C=O) groups excluding carboxylic acids is 1. The van der Waals surface area contributed by atoms with Gasteiger partial charge in [-0.1, -0.05) is 30.3 Å². The molecule has 5 rings (SSSR count). The lowest BCUT2D eigenvalue weighted by molar-refractivity contribution is 0.0555. The smallest absolute Gasteiger partial charge is 0.257 e. The number of hydrogen-bond donors (Lipinski definition) is 2. The SMILES string of the molecule is CCN(CC)c1ccc2c(c1)Oc1cc(N(CC)CC)ccc1C21c2ccccc2C(=O)N1C(N)N. The highest BCUT2D eigenvalue weighted by molar-refractivity contribution is 6.02. The molecule has 2 aliphatic heterocycles. The van der Waals surface area contributed by atoms with Gasteiger partial charge in [0.05, 0.1) is 0 Å². The molecule has 188 valence electrons. The van der Waals surface area contributed by atoms with E-state index >= 15 is 0 Å². The Morgan fingerprint density at radius 2 is 1.28 bits per heavy atom. The molecular weight excluding hydrogens is 450 g/mol. The molecular formula is C29H35N5O2. The average Bonchev–Trinajstić information content (AvgIpc) is 3.15. The first-order chi connectivity index (χ1) is 17.4. The van der Waals surface area contributed by atoms with Gasteiger partial charge in [0.1, 0.15) is 23.3 Å². The van der Waals surface area contributed by atoms with Crippen LogP contribution in [0.25, 0.3) is 0 Å². The summed E-state index contributed by atoms with van der Waals surface area (Å²) in [6.45, 7) is 12.1.